The van der Waals surface area contributed by atoms with E-state index in [9.17, 15) is 9.59 Å². The Balaban J connectivity index is 1.56. The van der Waals surface area contributed by atoms with Gasteiger partial charge in [0.05, 0.1) is 19.1 Å². The second kappa shape index (κ2) is 9.19. The van der Waals surface area contributed by atoms with Crippen molar-refractivity contribution in [1.82, 2.24) is 14.9 Å². The third-order valence-electron chi connectivity index (χ3n) is 4.23. The molecule has 1 amide bonds. The largest absolute Gasteiger partial charge is 0.497 e. The van der Waals surface area contributed by atoms with Gasteiger partial charge in [-0.2, -0.15) is 0 Å². The second-order valence-electron chi connectivity index (χ2n) is 6.20. The molecule has 1 N–H and O–H groups in total. The van der Waals surface area contributed by atoms with E-state index in [-0.39, 0.29) is 18.0 Å². The molecule has 7 heteroatoms. The highest BCUT2D eigenvalue weighted by atomic mass is 35.5. The molecular weight excluding hydrogens is 378 g/mol. The Kier molecular flexibility index (Phi) is 6.45. The highest BCUT2D eigenvalue weighted by molar-refractivity contribution is 6.30. The molecule has 0 aliphatic rings. The van der Waals surface area contributed by atoms with Crippen molar-refractivity contribution in [2.75, 3.05) is 13.7 Å². The summed E-state index contributed by atoms with van der Waals surface area (Å²) in [7, 11) is 1.59. The topological polar surface area (TPSA) is 73.2 Å². The molecule has 0 bridgehead atoms. The van der Waals surface area contributed by atoms with Gasteiger partial charge >= 0.3 is 0 Å². The van der Waals surface area contributed by atoms with Crippen molar-refractivity contribution in [1.29, 1.82) is 0 Å². The fraction of sp³-hybridized carbons (Fsp3) is 0.190. The van der Waals surface area contributed by atoms with Crippen LogP contribution in [0, 0.1) is 0 Å². The molecule has 0 aliphatic carbocycles. The highest BCUT2D eigenvalue weighted by Crippen LogP contribution is 2.19. The lowest BCUT2D eigenvalue weighted by Gasteiger charge is -2.08. The standard InChI is InChI=1S/C21H20ClN3O3/c1-28-18-8-4-16(5-9-18)19-12-21(27)25(14-24-19)13-20(26)23-11-10-15-2-6-17(22)7-3-15/h2-9,12,14H,10-11,13H2,1H3,(H,23,26). The number of halogens is 1. The van der Waals surface area contributed by atoms with Crippen molar-refractivity contribution in [3.05, 3.63) is 81.9 Å². The first-order chi connectivity index (χ1) is 13.5. The summed E-state index contributed by atoms with van der Waals surface area (Å²) in [4.78, 5) is 28.7. The molecule has 2 aromatic carbocycles. The van der Waals surface area contributed by atoms with Crippen LogP contribution in [0.1, 0.15) is 5.56 Å². The number of nitrogens with one attached hydrogen (secondary N) is 1. The minimum Gasteiger partial charge on any atom is -0.497 e. The Bertz CT molecular complexity index is 999. The molecule has 1 heterocycles. The van der Waals surface area contributed by atoms with Gasteiger partial charge in [-0.05, 0) is 48.4 Å². The van der Waals surface area contributed by atoms with E-state index in [0.717, 1.165) is 16.9 Å². The number of methoxy groups -OCH3 is 1. The van der Waals surface area contributed by atoms with E-state index in [1.54, 1.807) is 19.2 Å². The molecule has 28 heavy (non-hydrogen) atoms. The zero-order chi connectivity index (χ0) is 19.9. The van der Waals surface area contributed by atoms with Crippen molar-refractivity contribution in [3.8, 4) is 17.0 Å². The van der Waals surface area contributed by atoms with Crippen molar-refractivity contribution < 1.29 is 9.53 Å². The molecule has 0 unspecified atom stereocenters. The number of benzene rings is 2. The molecule has 3 rings (SSSR count). The van der Waals surface area contributed by atoms with Gasteiger partial charge in [-0.15, -0.1) is 0 Å². The molecule has 3 aromatic rings. The summed E-state index contributed by atoms with van der Waals surface area (Å²) in [6.45, 7) is 0.405. The van der Waals surface area contributed by atoms with Crippen LogP contribution in [0.25, 0.3) is 11.3 Å². The SMILES string of the molecule is COc1ccc(-c2cc(=O)n(CC(=O)NCCc3ccc(Cl)cc3)cn2)cc1. The summed E-state index contributed by atoms with van der Waals surface area (Å²) in [5.74, 6) is 0.488. The van der Waals surface area contributed by atoms with Crippen LogP contribution < -0.4 is 15.6 Å². The summed E-state index contributed by atoms with van der Waals surface area (Å²) in [6.07, 6.45) is 2.08. The van der Waals surface area contributed by atoms with Crippen LogP contribution in [0.4, 0.5) is 0 Å². The summed E-state index contributed by atoms with van der Waals surface area (Å²) < 4.78 is 6.40. The number of nitrogens with zero attached hydrogens (tertiary/aromatic N) is 2. The van der Waals surface area contributed by atoms with Crippen LogP contribution >= 0.6 is 11.6 Å². The normalized spacial score (nSPS) is 10.5. The maximum atomic E-state index is 12.3. The van der Waals surface area contributed by atoms with E-state index < -0.39 is 0 Å². The molecule has 1 aromatic heterocycles. The quantitative estimate of drug-likeness (QED) is 0.665. The second-order valence-corrected chi connectivity index (χ2v) is 6.63. The number of hydrogen-bond acceptors (Lipinski definition) is 4. The summed E-state index contributed by atoms with van der Waals surface area (Å²) in [6, 6.07) is 16.1. The van der Waals surface area contributed by atoms with Crippen molar-refractivity contribution >= 4 is 17.5 Å². The molecular formula is C21H20ClN3O3. The highest BCUT2D eigenvalue weighted by Gasteiger charge is 2.07. The van der Waals surface area contributed by atoms with Crippen LogP contribution in [0.5, 0.6) is 5.75 Å². The predicted molar refractivity (Wildman–Crippen MR) is 109 cm³/mol. The third kappa shape index (κ3) is 5.20. The molecule has 0 radical (unpaired) electrons. The minimum absolute atomic E-state index is 0.0741. The first kappa shape index (κ1) is 19.6. The summed E-state index contributed by atoms with van der Waals surface area (Å²) >= 11 is 5.85. The number of hydrogen-bond donors (Lipinski definition) is 1. The van der Waals surface area contributed by atoms with Crippen molar-refractivity contribution in [3.63, 3.8) is 0 Å². The van der Waals surface area contributed by atoms with Gasteiger partial charge in [-0.1, -0.05) is 23.7 Å². The summed E-state index contributed by atoms with van der Waals surface area (Å²) in [5.41, 5.74) is 2.14. The molecule has 0 atom stereocenters. The lowest BCUT2D eigenvalue weighted by Crippen LogP contribution is -2.33. The first-order valence-corrected chi connectivity index (χ1v) is 9.15. The van der Waals surface area contributed by atoms with Crippen LogP contribution in [-0.2, 0) is 17.8 Å². The maximum Gasteiger partial charge on any atom is 0.254 e. The van der Waals surface area contributed by atoms with Gasteiger partial charge in [-0.25, -0.2) is 4.98 Å². The average molecular weight is 398 g/mol. The summed E-state index contributed by atoms with van der Waals surface area (Å²) in [5, 5.41) is 3.49. The number of aromatic nitrogens is 2. The molecule has 6 nitrogen and oxygen atoms in total. The van der Waals surface area contributed by atoms with E-state index in [1.807, 2.05) is 36.4 Å². The fourth-order valence-electron chi connectivity index (χ4n) is 2.67. The Hall–Kier alpha value is -3.12. The number of carbonyl (C=O) groups is 1. The molecule has 0 aliphatic heterocycles. The Morgan fingerprint density at radius 3 is 2.50 bits per heavy atom. The van der Waals surface area contributed by atoms with E-state index in [2.05, 4.69) is 10.3 Å². The van der Waals surface area contributed by atoms with Gasteiger partial charge in [-0.3, -0.25) is 14.2 Å². The van der Waals surface area contributed by atoms with Gasteiger partial charge in [0.25, 0.3) is 5.56 Å². The molecule has 0 saturated carbocycles. The zero-order valence-electron chi connectivity index (χ0n) is 15.4. The Labute approximate surface area is 167 Å². The van der Waals surface area contributed by atoms with Crippen molar-refractivity contribution in [2.24, 2.45) is 0 Å². The predicted octanol–water partition coefficient (Wildman–Crippen LogP) is 2.93. The lowest BCUT2D eigenvalue weighted by molar-refractivity contribution is -0.121. The van der Waals surface area contributed by atoms with Crippen LogP contribution in [0.3, 0.4) is 0 Å². The number of rotatable bonds is 7. The van der Waals surface area contributed by atoms with Gasteiger partial charge in [0.1, 0.15) is 12.3 Å². The van der Waals surface area contributed by atoms with Crippen LogP contribution in [-0.4, -0.2) is 29.1 Å². The number of carbonyl (C=O) groups excluding carboxylic acids is 1. The van der Waals surface area contributed by atoms with E-state index in [1.165, 1.54) is 17.0 Å². The number of amides is 1. The van der Waals surface area contributed by atoms with Crippen LogP contribution in [0.15, 0.2) is 65.7 Å². The van der Waals surface area contributed by atoms with Gasteiger partial charge in [0.15, 0.2) is 0 Å². The minimum atomic E-state index is -0.284. The average Bonchev–Trinajstić information content (AvgIpc) is 2.71. The van der Waals surface area contributed by atoms with Gasteiger partial charge < -0.3 is 10.1 Å². The van der Waals surface area contributed by atoms with Gasteiger partial charge in [0, 0.05) is 23.2 Å². The van der Waals surface area contributed by atoms with Gasteiger partial charge in [0.2, 0.25) is 5.91 Å². The third-order valence-corrected chi connectivity index (χ3v) is 4.48. The Morgan fingerprint density at radius 1 is 1.14 bits per heavy atom. The van der Waals surface area contributed by atoms with Crippen LogP contribution in [0.2, 0.25) is 5.02 Å². The first-order valence-electron chi connectivity index (χ1n) is 8.77. The maximum absolute atomic E-state index is 12.3. The van der Waals surface area contributed by atoms with E-state index >= 15 is 0 Å². The van der Waals surface area contributed by atoms with E-state index in [0.29, 0.717) is 23.7 Å². The smallest absolute Gasteiger partial charge is 0.254 e. The van der Waals surface area contributed by atoms with Crippen molar-refractivity contribution in [2.45, 2.75) is 13.0 Å². The molecule has 144 valence electrons. The zero-order valence-corrected chi connectivity index (χ0v) is 16.1. The fourth-order valence-corrected chi connectivity index (χ4v) is 2.80. The number of ether oxygens (including phenoxy) is 1. The molecule has 0 spiro atoms. The Morgan fingerprint density at radius 2 is 1.86 bits per heavy atom. The molecule has 0 saturated heterocycles. The lowest BCUT2D eigenvalue weighted by atomic mass is 10.1. The molecule has 0 fully saturated rings. The monoisotopic (exact) mass is 397 g/mol. The van der Waals surface area contributed by atoms with E-state index in [4.69, 9.17) is 16.3 Å².